The molecule has 1 fully saturated rings. The maximum atomic E-state index is 12.9. The summed E-state index contributed by atoms with van der Waals surface area (Å²) in [4.78, 5) is 4.55. The van der Waals surface area contributed by atoms with Crippen molar-refractivity contribution in [3.05, 3.63) is 47.3 Å². The predicted molar refractivity (Wildman–Crippen MR) is 132 cm³/mol. The summed E-state index contributed by atoms with van der Waals surface area (Å²) in [5, 5.41) is 10.4. The van der Waals surface area contributed by atoms with E-state index in [1.807, 2.05) is 12.1 Å². The summed E-state index contributed by atoms with van der Waals surface area (Å²) < 4.78 is 32.7. The van der Waals surface area contributed by atoms with Crippen LogP contribution in [0.1, 0.15) is 56.0 Å². The lowest BCUT2D eigenvalue weighted by Gasteiger charge is -2.26. The van der Waals surface area contributed by atoms with E-state index in [0.29, 0.717) is 43.0 Å². The number of piperidine rings is 1. The Balaban J connectivity index is 0.00000341. The quantitative estimate of drug-likeness (QED) is 0.305. The van der Waals surface area contributed by atoms with Gasteiger partial charge in [0, 0.05) is 32.7 Å². The molecule has 0 radical (unpaired) electrons. The molecule has 0 amide bonds. The molecule has 3 rings (SSSR count). The molecule has 0 spiro atoms. The Labute approximate surface area is 201 Å². The van der Waals surface area contributed by atoms with Gasteiger partial charge in [-0.15, -0.1) is 24.0 Å². The van der Waals surface area contributed by atoms with E-state index < -0.39 is 10.0 Å². The van der Waals surface area contributed by atoms with Crippen LogP contribution in [0, 0.1) is 0 Å². The fraction of sp³-hybridized carbons (Fsp3) is 0.524. The minimum atomic E-state index is -3.44. The SMILES string of the molecule is CN=C(NCc1cccc(S(=O)(=O)N2CCCCC2)c1)NCc1cc(C(C)C)no1.I. The monoisotopic (exact) mass is 561 g/mol. The Kier molecular flexibility index (Phi) is 9.76. The summed E-state index contributed by atoms with van der Waals surface area (Å²) in [7, 11) is -1.75. The Morgan fingerprint density at radius 3 is 2.52 bits per heavy atom. The van der Waals surface area contributed by atoms with Crippen molar-refractivity contribution in [2.45, 2.75) is 57.0 Å². The van der Waals surface area contributed by atoms with Gasteiger partial charge in [-0.3, -0.25) is 4.99 Å². The van der Waals surface area contributed by atoms with Gasteiger partial charge < -0.3 is 15.2 Å². The number of nitrogens with one attached hydrogen (secondary N) is 2. The van der Waals surface area contributed by atoms with Gasteiger partial charge in [0.25, 0.3) is 0 Å². The third-order valence-corrected chi connectivity index (χ3v) is 7.03. The maximum absolute atomic E-state index is 12.9. The lowest BCUT2D eigenvalue weighted by atomic mass is 10.1. The number of nitrogens with zero attached hydrogens (tertiary/aromatic N) is 3. The fourth-order valence-corrected chi connectivity index (χ4v) is 4.92. The van der Waals surface area contributed by atoms with Gasteiger partial charge in [-0.2, -0.15) is 4.31 Å². The molecule has 1 aliphatic heterocycles. The molecule has 0 aliphatic carbocycles. The van der Waals surface area contributed by atoms with Crippen LogP contribution < -0.4 is 10.6 Å². The van der Waals surface area contributed by atoms with E-state index in [4.69, 9.17) is 4.52 Å². The number of halogens is 1. The molecule has 0 unspecified atom stereocenters. The molecule has 10 heteroatoms. The molecular formula is C21H32IN5O3S. The Morgan fingerprint density at radius 2 is 1.87 bits per heavy atom. The number of rotatable bonds is 7. The molecule has 8 nitrogen and oxygen atoms in total. The zero-order chi connectivity index (χ0) is 21.6. The van der Waals surface area contributed by atoms with Gasteiger partial charge in [0.1, 0.15) is 0 Å². The first-order valence-corrected chi connectivity index (χ1v) is 11.8. The molecule has 1 saturated heterocycles. The second-order valence-electron chi connectivity index (χ2n) is 7.76. The minimum absolute atomic E-state index is 0. The van der Waals surface area contributed by atoms with Gasteiger partial charge >= 0.3 is 0 Å². The largest absolute Gasteiger partial charge is 0.359 e. The van der Waals surface area contributed by atoms with E-state index in [2.05, 4.69) is 34.6 Å². The van der Waals surface area contributed by atoms with Crippen LogP contribution in [-0.2, 0) is 23.1 Å². The fourth-order valence-electron chi connectivity index (χ4n) is 3.33. The van der Waals surface area contributed by atoms with Gasteiger partial charge in [-0.25, -0.2) is 8.42 Å². The van der Waals surface area contributed by atoms with E-state index >= 15 is 0 Å². The van der Waals surface area contributed by atoms with Crippen molar-refractivity contribution in [2.24, 2.45) is 4.99 Å². The number of aliphatic imine (C=N–C) groups is 1. The van der Waals surface area contributed by atoms with Gasteiger partial charge in [0.2, 0.25) is 10.0 Å². The van der Waals surface area contributed by atoms with Gasteiger partial charge in [0.05, 0.1) is 17.1 Å². The standard InChI is InChI=1S/C21H31N5O3S.HI/c1-16(2)20-13-18(29-25-20)15-24-21(22-3)23-14-17-8-7-9-19(12-17)30(27,28)26-10-5-4-6-11-26;/h7-9,12-13,16H,4-6,10-11,14-15H2,1-3H3,(H2,22,23,24);1H. The van der Waals surface area contributed by atoms with E-state index in [0.717, 1.165) is 36.3 Å². The zero-order valence-electron chi connectivity index (χ0n) is 18.3. The molecule has 0 atom stereocenters. The molecule has 2 N–H and O–H groups in total. The number of guanidine groups is 1. The number of benzene rings is 1. The number of sulfonamides is 1. The lowest BCUT2D eigenvalue weighted by molar-refractivity contribution is 0.346. The molecule has 0 saturated carbocycles. The highest BCUT2D eigenvalue weighted by Crippen LogP contribution is 2.21. The van der Waals surface area contributed by atoms with E-state index in [1.165, 1.54) is 0 Å². The van der Waals surface area contributed by atoms with Crippen molar-refractivity contribution < 1.29 is 12.9 Å². The molecule has 31 heavy (non-hydrogen) atoms. The van der Waals surface area contributed by atoms with Gasteiger partial charge in [-0.05, 0) is 36.5 Å². The van der Waals surface area contributed by atoms with E-state index in [-0.39, 0.29) is 24.0 Å². The van der Waals surface area contributed by atoms with Crippen LogP contribution in [0.25, 0.3) is 0 Å². The molecule has 1 aliphatic rings. The maximum Gasteiger partial charge on any atom is 0.243 e. The van der Waals surface area contributed by atoms with Crippen LogP contribution in [0.3, 0.4) is 0 Å². The number of aromatic nitrogens is 1. The zero-order valence-corrected chi connectivity index (χ0v) is 21.4. The highest BCUT2D eigenvalue weighted by atomic mass is 127. The summed E-state index contributed by atoms with van der Waals surface area (Å²) in [6.45, 7) is 6.24. The summed E-state index contributed by atoms with van der Waals surface area (Å²) in [5.41, 5.74) is 1.79. The van der Waals surface area contributed by atoms with Crippen LogP contribution in [0.4, 0.5) is 0 Å². The van der Waals surface area contributed by atoms with Crippen molar-refractivity contribution in [3.8, 4) is 0 Å². The van der Waals surface area contributed by atoms with Crippen LogP contribution in [0.2, 0.25) is 0 Å². The average Bonchev–Trinajstić information content (AvgIpc) is 3.24. The first-order chi connectivity index (χ1) is 14.4. The summed E-state index contributed by atoms with van der Waals surface area (Å²) in [6.07, 6.45) is 2.94. The van der Waals surface area contributed by atoms with E-state index in [1.54, 1.807) is 29.6 Å². The Hall–Kier alpha value is -1.66. The van der Waals surface area contributed by atoms with Crippen molar-refractivity contribution in [3.63, 3.8) is 0 Å². The lowest BCUT2D eigenvalue weighted by Crippen LogP contribution is -2.36. The third-order valence-electron chi connectivity index (χ3n) is 5.13. The number of hydrogen-bond donors (Lipinski definition) is 2. The number of hydrogen-bond acceptors (Lipinski definition) is 5. The second-order valence-corrected chi connectivity index (χ2v) is 9.70. The highest BCUT2D eigenvalue weighted by Gasteiger charge is 2.25. The average molecular weight is 561 g/mol. The normalized spacial score (nSPS) is 15.5. The molecule has 1 aromatic heterocycles. The summed E-state index contributed by atoms with van der Waals surface area (Å²) >= 11 is 0. The Bertz CT molecular complexity index is 969. The summed E-state index contributed by atoms with van der Waals surface area (Å²) in [5.74, 6) is 1.64. The van der Waals surface area contributed by atoms with Crippen LogP contribution in [0.15, 0.2) is 44.7 Å². The van der Waals surface area contributed by atoms with Crippen molar-refractivity contribution in [1.82, 2.24) is 20.1 Å². The summed E-state index contributed by atoms with van der Waals surface area (Å²) in [6, 6.07) is 9.01. The van der Waals surface area contributed by atoms with Gasteiger partial charge in [-0.1, -0.05) is 37.6 Å². The van der Waals surface area contributed by atoms with Crippen LogP contribution >= 0.6 is 24.0 Å². The van der Waals surface area contributed by atoms with Crippen LogP contribution in [-0.4, -0.2) is 44.0 Å². The van der Waals surface area contributed by atoms with E-state index in [9.17, 15) is 8.42 Å². The second kappa shape index (κ2) is 11.8. The van der Waals surface area contributed by atoms with Crippen LogP contribution in [0.5, 0.6) is 0 Å². The van der Waals surface area contributed by atoms with Crippen molar-refractivity contribution in [2.75, 3.05) is 20.1 Å². The van der Waals surface area contributed by atoms with Crippen molar-refractivity contribution in [1.29, 1.82) is 0 Å². The molecule has 2 aromatic rings. The molecule has 1 aromatic carbocycles. The molecular weight excluding hydrogens is 529 g/mol. The first kappa shape index (κ1) is 25.6. The predicted octanol–water partition coefficient (Wildman–Crippen LogP) is 3.46. The smallest absolute Gasteiger partial charge is 0.243 e. The van der Waals surface area contributed by atoms with Crippen molar-refractivity contribution >= 4 is 40.0 Å². The molecule has 2 heterocycles. The Morgan fingerprint density at radius 1 is 1.16 bits per heavy atom. The third kappa shape index (κ3) is 6.91. The van der Waals surface area contributed by atoms with Gasteiger partial charge in [0.15, 0.2) is 11.7 Å². The minimum Gasteiger partial charge on any atom is -0.359 e. The highest BCUT2D eigenvalue weighted by molar-refractivity contribution is 14.0. The topological polar surface area (TPSA) is 99.8 Å². The molecule has 172 valence electrons. The first-order valence-electron chi connectivity index (χ1n) is 10.4. The molecule has 0 bridgehead atoms.